The molecule has 12 heteroatoms. The normalized spacial score (nSPS) is 13.5. The van der Waals surface area contributed by atoms with Gasteiger partial charge in [-0.15, -0.1) is 0 Å². The van der Waals surface area contributed by atoms with Gasteiger partial charge in [0.25, 0.3) is 5.91 Å². The van der Waals surface area contributed by atoms with Crippen molar-refractivity contribution >= 4 is 61.6 Å². The van der Waals surface area contributed by atoms with Crippen LogP contribution < -0.4 is 20.3 Å². The zero-order chi connectivity index (χ0) is 25.9. The van der Waals surface area contributed by atoms with E-state index in [0.717, 1.165) is 35.4 Å². The Balaban J connectivity index is 1.43. The van der Waals surface area contributed by atoms with Gasteiger partial charge >= 0.3 is 0 Å². The fourth-order valence-electron chi connectivity index (χ4n) is 4.08. The highest BCUT2D eigenvalue weighted by atomic mass is 79.9. The van der Waals surface area contributed by atoms with E-state index in [9.17, 15) is 4.79 Å². The molecule has 4 aromatic rings. The highest BCUT2D eigenvalue weighted by molar-refractivity contribution is 9.10. The SMILES string of the molecule is COc1cc(N2CCOCC2)ccc1Nc1ncc(Br)c(Nc2cc3cn[nH]c3cc2C(=O)N(C)C)n1. The number of H-pyrrole nitrogens is 1. The Kier molecular flexibility index (Phi) is 7.10. The first-order chi connectivity index (χ1) is 17.9. The van der Waals surface area contributed by atoms with Gasteiger partial charge in [0.15, 0.2) is 0 Å². The number of halogens is 1. The van der Waals surface area contributed by atoms with Gasteiger partial charge in [0.2, 0.25) is 5.95 Å². The number of hydrogen-bond acceptors (Lipinski definition) is 9. The van der Waals surface area contributed by atoms with Crippen molar-refractivity contribution in [3.8, 4) is 5.75 Å². The molecule has 1 saturated heterocycles. The number of aromatic nitrogens is 4. The third-order valence-corrected chi connectivity index (χ3v) is 6.60. The fourth-order valence-corrected chi connectivity index (χ4v) is 4.37. The molecule has 3 heterocycles. The molecule has 1 fully saturated rings. The molecule has 2 aromatic heterocycles. The molecule has 1 aliphatic rings. The summed E-state index contributed by atoms with van der Waals surface area (Å²) >= 11 is 3.52. The first-order valence-corrected chi connectivity index (χ1v) is 12.5. The van der Waals surface area contributed by atoms with Crippen molar-refractivity contribution < 1.29 is 14.3 Å². The number of rotatable bonds is 7. The Hall–Kier alpha value is -3.90. The number of hydrogen-bond donors (Lipinski definition) is 3. The monoisotopic (exact) mass is 566 g/mol. The number of methoxy groups -OCH3 is 1. The Bertz CT molecular complexity index is 1430. The topological polar surface area (TPSA) is 121 Å². The van der Waals surface area contributed by atoms with E-state index >= 15 is 0 Å². The minimum atomic E-state index is -0.146. The molecule has 0 unspecified atom stereocenters. The van der Waals surface area contributed by atoms with Crippen LogP contribution in [-0.2, 0) is 4.74 Å². The van der Waals surface area contributed by atoms with E-state index in [0.29, 0.717) is 46.5 Å². The maximum absolute atomic E-state index is 12.9. The summed E-state index contributed by atoms with van der Waals surface area (Å²) in [5.41, 5.74) is 3.66. The lowest BCUT2D eigenvalue weighted by Gasteiger charge is -2.29. The van der Waals surface area contributed by atoms with Gasteiger partial charge in [0.05, 0.1) is 53.4 Å². The predicted molar refractivity (Wildman–Crippen MR) is 146 cm³/mol. The Labute approximate surface area is 222 Å². The number of amides is 1. The fraction of sp³-hybridized carbons (Fsp3) is 0.280. The number of nitrogens with zero attached hydrogens (tertiary/aromatic N) is 5. The number of carbonyl (C=O) groups excluding carboxylic acids is 1. The molecule has 0 saturated carbocycles. The maximum atomic E-state index is 12.9. The summed E-state index contributed by atoms with van der Waals surface area (Å²) in [6.45, 7) is 3.09. The molecule has 0 bridgehead atoms. The second-order valence-corrected chi connectivity index (χ2v) is 9.53. The van der Waals surface area contributed by atoms with Gasteiger partial charge in [-0.1, -0.05) is 0 Å². The van der Waals surface area contributed by atoms with Crippen LogP contribution in [0.5, 0.6) is 5.75 Å². The molecule has 0 aliphatic carbocycles. The highest BCUT2D eigenvalue weighted by Gasteiger charge is 2.18. The summed E-state index contributed by atoms with van der Waals surface area (Å²) in [6, 6.07) is 9.62. The summed E-state index contributed by atoms with van der Waals surface area (Å²) in [5, 5.41) is 14.4. The van der Waals surface area contributed by atoms with Gasteiger partial charge in [-0.25, -0.2) is 4.98 Å². The Morgan fingerprint density at radius 1 is 1.14 bits per heavy atom. The second kappa shape index (κ2) is 10.6. The number of benzene rings is 2. The van der Waals surface area contributed by atoms with Crippen LogP contribution in [0, 0.1) is 0 Å². The molecule has 0 radical (unpaired) electrons. The predicted octanol–water partition coefficient (Wildman–Crippen LogP) is 4.15. The van der Waals surface area contributed by atoms with E-state index in [4.69, 9.17) is 9.47 Å². The van der Waals surface area contributed by atoms with Crippen LogP contribution in [-0.4, -0.2) is 78.5 Å². The van der Waals surface area contributed by atoms with E-state index in [1.165, 1.54) is 4.90 Å². The average Bonchev–Trinajstić information content (AvgIpc) is 3.38. The number of aromatic amines is 1. The molecule has 192 valence electrons. The van der Waals surface area contributed by atoms with Crippen LogP contribution in [0.4, 0.5) is 28.8 Å². The number of anilines is 5. The van der Waals surface area contributed by atoms with Gasteiger partial charge in [-0.3, -0.25) is 9.89 Å². The van der Waals surface area contributed by atoms with Crippen LogP contribution >= 0.6 is 15.9 Å². The molecule has 1 aliphatic heterocycles. The molecular formula is C25H27BrN8O3. The average molecular weight is 567 g/mol. The van der Waals surface area contributed by atoms with Gasteiger partial charge in [-0.2, -0.15) is 10.1 Å². The van der Waals surface area contributed by atoms with Crippen LogP contribution in [0.15, 0.2) is 47.2 Å². The number of nitrogens with one attached hydrogen (secondary N) is 3. The highest BCUT2D eigenvalue weighted by Crippen LogP contribution is 2.34. The summed E-state index contributed by atoms with van der Waals surface area (Å²) in [6.07, 6.45) is 3.36. The van der Waals surface area contributed by atoms with Crippen molar-refractivity contribution in [2.75, 3.05) is 63.0 Å². The molecule has 2 aromatic carbocycles. The first-order valence-electron chi connectivity index (χ1n) is 11.7. The number of fused-ring (bicyclic) bond motifs is 1. The van der Waals surface area contributed by atoms with Crippen molar-refractivity contribution in [3.05, 3.63) is 52.8 Å². The number of ether oxygens (including phenoxy) is 2. The lowest BCUT2D eigenvalue weighted by molar-refractivity contribution is 0.0828. The van der Waals surface area contributed by atoms with Crippen molar-refractivity contribution in [1.29, 1.82) is 0 Å². The Morgan fingerprint density at radius 2 is 1.95 bits per heavy atom. The molecule has 0 atom stereocenters. The summed E-state index contributed by atoms with van der Waals surface area (Å²) in [4.78, 5) is 25.7. The minimum absolute atomic E-state index is 0.146. The lowest BCUT2D eigenvalue weighted by atomic mass is 10.1. The van der Waals surface area contributed by atoms with E-state index in [1.54, 1.807) is 39.7 Å². The lowest BCUT2D eigenvalue weighted by Crippen LogP contribution is -2.36. The van der Waals surface area contributed by atoms with Gasteiger partial charge in [0, 0.05) is 50.5 Å². The van der Waals surface area contributed by atoms with Crippen LogP contribution in [0.3, 0.4) is 0 Å². The molecule has 3 N–H and O–H groups in total. The van der Waals surface area contributed by atoms with E-state index in [1.807, 2.05) is 24.3 Å². The van der Waals surface area contributed by atoms with Crippen molar-refractivity contribution in [1.82, 2.24) is 25.1 Å². The molecule has 37 heavy (non-hydrogen) atoms. The summed E-state index contributed by atoms with van der Waals surface area (Å²) in [7, 11) is 5.06. The smallest absolute Gasteiger partial charge is 0.255 e. The minimum Gasteiger partial charge on any atom is -0.494 e. The summed E-state index contributed by atoms with van der Waals surface area (Å²) in [5.74, 6) is 1.40. The van der Waals surface area contributed by atoms with Crippen LogP contribution in [0.25, 0.3) is 10.9 Å². The maximum Gasteiger partial charge on any atom is 0.255 e. The molecule has 5 rings (SSSR count). The van der Waals surface area contributed by atoms with Gasteiger partial charge in [-0.05, 0) is 40.2 Å². The molecule has 1 amide bonds. The van der Waals surface area contributed by atoms with E-state index in [2.05, 4.69) is 51.6 Å². The number of morpholine rings is 1. The molecule has 0 spiro atoms. The van der Waals surface area contributed by atoms with Crippen LogP contribution in [0.2, 0.25) is 0 Å². The molecule has 11 nitrogen and oxygen atoms in total. The van der Waals surface area contributed by atoms with E-state index in [-0.39, 0.29) is 5.91 Å². The second-order valence-electron chi connectivity index (χ2n) is 8.68. The van der Waals surface area contributed by atoms with Crippen LogP contribution in [0.1, 0.15) is 10.4 Å². The van der Waals surface area contributed by atoms with Crippen molar-refractivity contribution in [2.24, 2.45) is 0 Å². The molecular weight excluding hydrogens is 540 g/mol. The van der Waals surface area contributed by atoms with Crippen molar-refractivity contribution in [2.45, 2.75) is 0 Å². The zero-order valence-corrected chi connectivity index (χ0v) is 22.3. The van der Waals surface area contributed by atoms with Gasteiger partial charge < -0.3 is 29.9 Å². The third-order valence-electron chi connectivity index (χ3n) is 6.02. The first kappa shape index (κ1) is 24.8. The largest absolute Gasteiger partial charge is 0.494 e. The zero-order valence-electron chi connectivity index (χ0n) is 20.7. The standard InChI is InChI=1S/C25H27BrN8O3/c1-33(2)24(35)17-12-20-15(13-28-32-20)10-21(17)29-23-18(26)14-27-25(31-23)30-19-5-4-16(11-22(19)36-3)34-6-8-37-9-7-34/h4-5,10-14H,6-9H2,1-3H3,(H,28,32)(H2,27,29,30,31). The Morgan fingerprint density at radius 3 is 2.70 bits per heavy atom. The summed E-state index contributed by atoms with van der Waals surface area (Å²) < 4.78 is 11.7. The van der Waals surface area contributed by atoms with E-state index < -0.39 is 0 Å². The van der Waals surface area contributed by atoms with Crippen molar-refractivity contribution in [3.63, 3.8) is 0 Å². The quantitative estimate of drug-likeness (QED) is 0.303. The third kappa shape index (κ3) is 5.30. The number of carbonyl (C=O) groups is 1. The van der Waals surface area contributed by atoms with Gasteiger partial charge in [0.1, 0.15) is 11.6 Å².